The molecule has 5 heteroatoms. The average Bonchev–Trinajstić information content (AvgIpc) is 2.27. The standard InChI is InChI=1S/C11H14O5/c1-6-7(10(14)9(13)5-12)3-2-4-8(6)11(15)16/h2-4,9-10,12-14H,5H2,1H3,(H,15,16). The molecule has 0 saturated carbocycles. The van der Waals surface area contributed by atoms with E-state index in [1.807, 2.05) is 0 Å². The molecule has 0 spiro atoms. The molecule has 0 aliphatic rings. The van der Waals surface area contributed by atoms with Gasteiger partial charge >= 0.3 is 5.97 Å². The summed E-state index contributed by atoms with van der Waals surface area (Å²) >= 11 is 0. The Labute approximate surface area is 92.6 Å². The highest BCUT2D eigenvalue weighted by Gasteiger charge is 2.21. The highest BCUT2D eigenvalue weighted by atomic mass is 16.4. The zero-order chi connectivity index (χ0) is 12.3. The van der Waals surface area contributed by atoms with Crippen molar-refractivity contribution in [1.29, 1.82) is 0 Å². The molecule has 4 N–H and O–H groups in total. The van der Waals surface area contributed by atoms with E-state index in [2.05, 4.69) is 0 Å². The SMILES string of the molecule is Cc1c(C(=O)O)cccc1C(O)C(O)CO. The molecule has 0 aliphatic heterocycles. The zero-order valence-electron chi connectivity index (χ0n) is 8.79. The van der Waals surface area contributed by atoms with Crippen molar-refractivity contribution in [3.63, 3.8) is 0 Å². The van der Waals surface area contributed by atoms with E-state index >= 15 is 0 Å². The van der Waals surface area contributed by atoms with Crippen molar-refractivity contribution >= 4 is 5.97 Å². The highest BCUT2D eigenvalue weighted by Crippen LogP contribution is 2.23. The molecule has 0 aliphatic carbocycles. The van der Waals surface area contributed by atoms with Crippen molar-refractivity contribution in [2.24, 2.45) is 0 Å². The normalized spacial score (nSPS) is 14.5. The summed E-state index contributed by atoms with van der Waals surface area (Å²) in [5.41, 5.74) is 0.762. The summed E-state index contributed by atoms with van der Waals surface area (Å²) in [5.74, 6) is -1.09. The largest absolute Gasteiger partial charge is 0.478 e. The lowest BCUT2D eigenvalue weighted by atomic mass is 9.96. The van der Waals surface area contributed by atoms with E-state index in [4.69, 9.17) is 10.2 Å². The predicted molar refractivity (Wildman–Crippen MR) is 56.2 cm³/mol. The van der Waals surface area contributed by atoms with Crippen LogP contribution in [0.1, 0.15) is 27.6 Å². The zero-order valence-corrected chi connectivity index (χ0v) is 8.79. The summed E-state index contributed by atoms with van der Waals surface area (Å²) in [7, 11) is 0. The molecular formula is C11H14O5. The maximum Gasteiger partial charge on any atom is 0.335 e. The van der Waals surface area contributed by atoms with Gasteiger partial charge in [0.2, 0.25) is 0 Å². The number of benzene rings is 1. The number of carboxylic acid groups (broad SMARTS) is 1. The van der Waals surface area contributed by atoms with Gasteiger partial charge in [0.15, 0.2) is 0 Å². The maximum absolute atomic E-state index is 10.8. The van der Waals surface area contributed by atoms with Gasteiger partial charge in [-0.05, 0) is 24.1 Å². The number of aromatic carboxylic acids is 1. The van der Waals surface area contributed by atoms with Crippen LogP contribution in [-0.4, -0.2) is 39.1 Å². The van der Waals surface area contributed by atoms with Crippen molar-refractivity contribution < 1.29 is 25.2 Å². The third-order valence-corrected chi connectivity index (χ3v) is 2.48. The quantitative estimate of drug-likeness (QED) is 0.583. The van der Waals surface area contributed by atoms with Crippen LogP contribution in [0.3, 0.4) is 0 Å². The first-order chi connectivity index (χ1) is 7.49. The van der Waals surface area contributed by atoms with Crippen LogP contribution in [0.15, 0.2) is 18.2 Å². The molecule has 0 fully saturated rings. The summed E-state index contributed by atoms with van der Waals surface area (Å²) in [6.45, 7) is 0.962. The van der Waals surface area contributed by atoms with Crippen LogP contribution < -0.4 is 0 Å². The van der Waals surface area contributed by atoms with Crippen LogP contribution in [0.25, 0.3) is 0 Å². The van der Waals surface area contributed by atoms with E-state index < -0.39 is 24.8 Å². The Morgan fingerprint density at radius 2 is 2.00 bits per heavy atom. The summed E-state index contributed by atoms with van der Waals surface area (Å²) in [6.07, 6.45) is -2.60. The second-order valence-electron chi connectivity index (χ2n) is 3.52. The minimum absolute atomic E-state index is 0.0710. The van der Waals surface area contributed by atoms with Crippen molar-refractivity contribution in [2.75, 3.05) is 6.61 Å². The molecule has 0 saturated heterocycles. The second-order valence-corrected chi connectivity index (χ2v) is 3.52. The Balaban J connectivity index is 3.15. The van der Waals surface area contributed by atoms with Gasteiger partial charge in [0, 0.05) is 0 Å². The van der Waals surface area contributed by atoms with Crippen LogP contribution in [0.2, 0.25) is 0 Å². The summed E-state index contributed by atoms with van der Waals surface area (Å²) < 4.78 is 0. The Morgan fingerprint density at radius 1 is 1.38 bits per heavy atom. The van der Waals surface area contributed by atoms with Crippen molar-refractivity contribution in [3.05, 3.63) is 34.9 Å². The van der Waals surface area contributed by atoms with Gasteiger partial charge in [-0.1, -0.05) is 12.1 Å². The van der Waals surface area contributed by atoms with Gasteiger partial charge in [0.25, 0.3) is 0 Å². The highest BCUT2D eigenvalue weighted by molar-refractivity contribution is 5.89. The van der Waals surface area contributed by atoms with E-state index in [1.165, 1.54) is 18.2 Å². The lowest BCUT2D eigenvalue weighted by Gasteiger charge is -2.18. The molecule has 16 heavy (non-hydrogen) atoms. The van der Waals surface area contributed by atoms with Crippen LogP contribution in [0.4, 0.5) is 0 Å². The van der Waals surface area contributed by atoms with Crippen LogP contribution in [0, 0.1) is 6.92 Å². The fourth-order valence-electron chi connectivity index (χ4n) is 1.51. The molecular weight excluding hydrogens is 212 g/mol. The van der Waals surface area contributed by atoms with E-state index in [1.54, 1.807) is 6.92 Å². The average molecular weight is 226 g/mol. The Morgan fingerprint density at radius 3 is 2.50 bits per heavy atom. The number of hydrogen-bond acceptors (Lipinski definition) is 4. The molecule has 2 unspecified atom stereocenters. The topological polar surface area (TPSA) is 98.0 Å². The number of aliphatic hydroxyl groups excluding tert-OH is 3. The van der Waals surface area contributed by atoms with E-state index in [-0.39, 0.29) is 5.56 Å². The summed E-state index contributed by atoms with van der Waals surface area (Å²) in [6, 6.07) is 4.42. The molecule has 0 bridgehead atoms. The van der Waals surface area contributed by atoms with Crippen LogP contribution in [-0.2, 0) is 0 Å². The van der Waals surface area contributed by atoms with Gasteiger partial charge in [-0.25, -0.2) is 4.79 Å². The van der Waals surface area contributed by atoms with E-state index in [0.29, 0.717) is 11.1 Å². The fraction of sp³-hybridized carbons (Fsp3) is 0.364. The summed E-state index contributed by atoms with van der Waals surface area (Å²) in [4.78, 5) is 10.8. The van der Waals surface area contributed by atoms with E-state index in [9.17, 15) is 15.0 Å². The fourth-order valence-corrected chi connectivity index (χ4v) is 1.51. The molecule has 1 rings (SSSR count). The summed E-state index contributed by atoms with van der Waals surface area (Å²) in [5, 5.41) is 36.5. The first kappa shape index (κ1) is 12.6. The van der Waals surface area contributed by atoms with Gasteiger partial charge in [0.1, 0.15) is 12.2 Å². The van der Waals surface area contributed by atoms with Gasteiger partial charge in [-0.3, -0.25) is 0 Å². The monoisotopic (exact) mass is 226 g/mol. The van der Waals surface area contributed by atoms with E-state index in [0.717, 1.165) is 0 Å². The minimum Gasteiger partial charge on any atom is -0.478 e. The lowest BCUT2D eigenvalue weighted by Crippen LogP contribution is -2.23. The van der Waals surface area contributed by atoms with Crippen molar-refractivity contribution in [3.8, 4) is 0 Å². The number of hydrogen-bond donors (Lipinski definition) is 4. The van der Waals surface area contributed by atoms with Crippen molar-refractivity contribution in [2.45, 2.75) is 19.1 Å². The second kappa shape index (κ2) is 5.07. The first-order valence-electron chi connectivity index (χ1n) is 4.78. The third kappa shape index (κ3) is 2.38. The number of aliphatic hydroxyl groups is 3. The molecule has 0 radical (unpaired) electrons. The Bertz CT molecular complexity index is 388. The van der Waals surface area contributed by atoms with Gasteiger partial charge < -0.3 is 20.4 Å². The lowest BCUT2D eigenvalue weighted by molar-refractivity contribution is -0.0155. The molecule has 1 aromatic carbocycles. The Kier molecular flexibility index (Phi) is 4.00. The minimum atomic E-state index is -1.32. The van der Waals surface area contributed by atoms with Gasteiger partial charge in [-0.2, -0.15) is 0 Å². The number of carbonyl (C=O) groups is 1. The molecule has 0 amide bonds. The smallest absolute Gasteiger partial charge is 0.335 e. The molecule has 5 nitrogen and oxygen atoms in total. The maximum atomic E-state index is 10.8. The van der Waals surface area contributed by atoms with Crippen molar-refractivity contribution in [1.82, 2.24) is 0 Å². The van der Waals surface area contributed by atoms with Gasteiger partial charge in [-0.15, -0.1) is 0 Å². The molecule has 0 aromatic heterocycles. The number of rotatable bonds is 4. The first-order valence-corrected chi connectivity index (χ1v) is 4.78. The molecule has 1 aromatic rings. The molecule has 2 atom stereocenters. The number of carboxylic acids is 1. The predicted octanol–water partition coefficient (Wildman–Crippen LogP) is 0.0798. The molecule has 88 valence electrons. The van der Waals surface area contributed by atoms with Crippen LogP contribution in [0.5, 0.6) is 0 Å². The Hall–Kier alpha value is -1.43. The van der Waals surface area contributed by atoms with Crippen LogP contribution >= 0.6 is 0 Å². The third-order valence-electron chi connectivity index (χ3n) is 2.48. The van der Waals surface area contributed by atoms with Gasteiger partial charge in [0.05, 0.1) is 12.2 Å². The molecule has 0 heterocycles.